The molecule has 1 fully saturated rings. The average molecular weight is 437 g/mol. The minimum atomic E-state index is -0.422. The zero-order valence-corrected chi connectivity index (χ0v) is 21.1. The van der Waals surface area contributed by atoms with E-state index >= 15 is 0 Å². The molecule has 3 heteroatoms. The number of carbonyl (C=O) groups is 1. The second-order valence-corrected chi connectivity index (χ2v) is 12.0. The molecule has 4 rings (SSSR count). The summed E-state index contributed by atoms with van der Waals surface area (Å²) < 4.78 is 0. The highest BCUT2D eigenvalue weighted by molar-refractivity contribution is 5.72. The number of hydrogen-bond donors (Lipinski definition) is 2. The van der Waals surface area contributed by atoms with Crippen LogP contribution in [0, 0.1) is 40.4 Å². The van der Waals surface area contributed by atoms with Gasteiger partial charge >= 0.3 is 6.03 Å². The summed E-state index contributed by atoms with van der Waals surface area (Å²) in [5.74, 6) is 3.34. The van der Waals surface area contributed by atoms with Crippen molar-refractivity contribution in [2.24, 2.45) is 46.2 Å². The van der Waals surface area contributed by atoms with Crippen LogP contribution in [0.4, 0.5) is 4.79 Å². The number of carbonyl (C=O) groups excluding carboxylic acids is 1. The molecule has 0 bridgehead atoms. The fraction of sp³-hybridized carbons (Fsp3) is 0.690. The minimum absolute atomic E-state index is 0.0695. The molecular formula is C29H44N2O. The molecule has 2 amide bonds. The summed E-state index contributed by atoms with van der Waals surface area (Å²) in [5.41, 5.74) is 10.7. The number of nitrogens with two attached hydrogens (primary N) is 1. The van der Waals surface area contributed by atoms with Crippen molar-refractivity contribution in [1.82, 2.24) is 5.32 Å². The Balaban J connectivity index is 1.62. The zero-order valence-electron chi connectivity index (χ0n) is 21.1. The van der Waals surface area contributed by atoms with Gasteiger partial charge in [0.05, 0.1) is 0 Å². The van der Waals surface area contributed by atoms with Crippen LogP contribution in [-0.4, -0.2) is 12.1 Å². The van der Waals surface area contributed by atoms with Crippen molar-refractivity contribution >= 4 is 6.03 Å². The molecule has 0 aliphatic heterocycles. The van der Waals surface area contributed by atoms with Gasteiger partial charge in [0.25, 0.3) is 0 Å². The molecule has 2 unspecified atom stereocenters. The number of amides is 2. The second-order valence-electron chi connectivity index (χ2n) is 12.0. The van der Waals surface area contributed by atoms with Crippen molar-refractivity contribution in [3.63, 3.8) is 0 Å². The molecule has 0 radical (unpaired) electrons. The molecule has 0 aromatic carbocycles. The predicted octanol–water partition coefficient (Wildman–Crippen LogP) is 6.93. The van der Waals surface area contributed by atoms with Crippen LogP contribution in [0.5, 0.6) is 0 Å². The van der Waals surface area contributed by atoms with E-state index < -0.39 is 6.03 Å². The fourth-order valence-corrected chi connectivity index (χ4v) is 7.36. The van der Waals surface area contributed by atoms with Crippen LogP contribution in [0.2, 0.25) is 0 Å². The van der Waals surface area contributed by atoms with E-state index in [-0.39, 0.29) is 11.5 Å². The molecule has 1 saturated carbocycles. The molecule has 0 aromatic heterocycles. The maximum Gasteiger partial charge on any atom is 0.312 e. The highest BCUT2D eigenvalue weighted by Gasteiger charge is 2.53. The number of fused-ring (bicyclic) bond motifs is 4. The van der Waals surface area contributed by atoms with E-state index in [0.717, 1.165) is 18.8 Å². The lowest BCUT2D eigenvalue weighted by Crippen LogP contribution is -2.45. The summed E-state index contributed by atoms with van der Waals surface area (Å²) in [6.07, 6.45) is 19.3. The van der Waals surface area contributed by atoms with Crippen molar-refractivity contribution in [3.8, 4) is 0 Å². The van der Waals surface area contributed by atoms with Crippen LogP contribution in [0.15, 0.2) is 47.1 Å². The number of allylic oxidation sites excluding steroid dienone is 7. The SMILES string of the molecule is CC(C)[C@@H](C)C=C[C@@H](C)[C@H]1CCC2=C3C=CC4=CC(NC(N)=O)CC[C@]4(C)C3CC[C@@]21C. The van der Waals surface area contributed by atoms with Gasteiger partial charge in [0.15, 0.2) is 0 Å². The minimum Gasteiger partial charge on any atom is -0.352 e. The molecule has 0 heterocycles. The van der Waals surface area contributed by atoms with Gasteiger partial charge < -0.3 is 11.1 Å². The third kappa shape index (κ3) is 3.90. The third-order valence-corrected chi connectivity index (χ3v) is 9.85. The molecule has 3 nitrogen and oxygen atoms in total. The van der Waals surface area contributed by atoms with Gasteiger partial charge in [-0.3, -0.25) is 0 Å². The quantitative estimate of drug-likeness (QED) is 0.451. The van der Waals surface area contributed by atoms with Gasteiger partial charge in [-0.25, -0.2) is 4.79 Å². The van der Waals surface area contributed by atoms with Crippen molar-refractivity contribution < 1.29 is 4.79 Å². The molecule has 176 valence electrons. The molecule has 4 aliphatic carbocycles. The number of rotatable bonds is 5. The number of urea groups is 1. The molecule has 7 atom stereocenters. The first kappa shape index (κ1) is 23.4. The fourth-order valence-electron chi connectivity index (χ4n) is 7.36. The Morgan fingerprint density at radius 2 is 1.78 bits per heavy atom. The third-order valence-electron chi connectivity index (χ3n) is 9.85. The standard InChI is InChI=1S/C29H44N2O/c1-18(2)19(3)7-8-20(4)24-11-12-25-23-10-9-21-17-22(31-27(30)32)13-15-28(21,5)26(23)14-16-29(24,25)6/h7-10,17-20,22,24,26H,11-16H2,1-6H3,(H3,30,31,32)/t19-,20+,22?,24+,26?,28-,29+/m0/s1. The molecule has 0 saturated heterocycles. The van der Waals surface area contributed by atoms with Gasteiger partial charge in [0.2, 0.25) is 0 Å². The van der Waals surface area contributed by atoms with Crippen LogP contribution in [0.1, 0.15) is 80.1 Å². The number of primary amides is 1. The summed E-state index contributed by atoms with van der Waals surface area (Å²) in [7, 11) is 0. The maximum atomic E-state index is 11.3. The normalized spacial score (nSPS) is 38.2. The molecule has 32 heavy (non-hydrogen) atoms. The summed E-state index contributed by atoms with van der Waals surface area (Å²) in [5, 5.41) is 2.90. The predicted molar refractivity (Wildman–Crippen MR) is 134 cm³/mol. The lowest BCUT2D eigenvalue weighted by molar-refractivity contribution is 0.139. The Morgan fingerprint density at radius 1 is 1.06 bits per heavy atom. The first-order chi connectivity index (χ1) is 15.1. The molecule has 0 aromatic rings. The van der Waals surface area contributed by atoms with Crippen LogP contribution in [0.25, 0.3) is 0 Å². The van der Waals surface area contributed by atoms with E-state index in [0.29, 0.717) is 29.1 Å². The Hall–Kier alpha value is -1.77. The summed E-state index contributed by atoms with van der Waals surface area (Å²) in [6.45, 7) is 14.4. The lowest BCUT2D eigenvalue weighted by Gasteiger charge is -2.51. The smallest absolute Gasteiger partial charge is 0.312 e. The first-order valence-electron chi connectivity index (χ1n) is 12.9. The monoisotopic (exact) mass is 436 g/mol. The molecule has 3 N–H and O–H groups in total. The van der Waals surface area contributed by atoms with Crippen LogP contribution in [0.3, 0.4) is 0 Å². The van der Waals surface area contributed by atoms with Crippen molar-refractivity contribution in [1.29, 1.82) is 0 Å². The average Bonchev–Trinajstić information content (AvgIpc) is 3.08. The summed E-state index contributed by atoms with van der Waals surface area (Å²) >= 11 is 0. The summed E-state index contributed by atoms with van der Waals surface area (Å²) in [6, 6.07) is -0.352. The number of nitrogens with one attached hydrogen (secondary N) is 1. The van der Waals surface area contributed by atoms with E-state index in [4.69, 9.17) is 5.73 Å². The van der Waals surface area contributed by atoms with E-state index in [1.165, 1.54) is 31.3 Å². The van der Waals surface area contributed by atoms with Gasteiger partial charge in [-0.1, -0.05) is 77.5 Å². The van der Waals surface area contributed by atoms with Gasteiger partial charge in [0, 0.05) is 6.04 Å². The maximum absolute atomic E-state index is 11.3. The Kier molecular flexibility index (Phi) is 6.24. The van der Waals surface area contributed by atoms with Gasteiger partial charge in [-0.15, -0.1) is 0 Å². The number of hydrogen-bond acceptors (Lipinski definition) is 1. The Morgan fingerprint density at radius 3 is 2.47 bits per heavy atom. The van der Waals surface area contributed by atoms with Gasteiger partial charge in [0.1, 0.15) is 0 Å². The summed E-state index contributed by atoms with van der Waals surface area (Å²) in [4.78, 5) is 11.3. The zero-order chi connectivity index (χ0) is 23.3. The topological polar surface area (TPSA) is 55.1 Å². The van der Waals surface area contributed by atoms with Crippen LogP contribution >= 0.6 is 0 Å². The highest BCUT2D eigenvalue weighted by atomic mass is 16.2. The Labute approximate surface area is 195 Å². The van der Waals surface area contributed by atoms with E-state index in [1.807, 2.05) is 0 Å². The second kappa shape index (κ2) is 8.54. The van der Waals surface area contributed by atoms with Crippen LogP contribution < -0.4 is 11.1 Å². The molecule has 0 spiro atoms. The largest absolute Gasteiger partial charge is 0.352 e. The van der Waals surface area contributed by atoms with Crippen molar-refractivity contribution in [3.05, 3.63) is 47.1 Å². The van der Waals surface area contributed by atoms with E-state index in [1.54, 1.807) is 11.1 Å². The van der Waals surface area contributed by atoms with Gasteiger partial charge in [-0.05, 0) is 90.1 Å². The Bertz CT molecular complexity index is 878. The molecule has 4 aliphatic rings. The van der Waals surface area contributed by atoms with Crippen LogP contribution in [-0.2, 0) is 0 Å². The lowest BCUT2D eigenvalue weighted by atomic mass is 9.53. The van der Waals surface area contributed by atoms with E-state index in [9.17, 15) is 4.79 Å². The van der Waals surface area contributed by atoms with E-state index in [2.05, 4.69) is 77.2 Å². The van der Waals surface area contributed by atoms with Gasteiger partial charge in [-0.2, -0.15) is 0 Å². The van der Waals surface area contributed by atoms with Crippen molar-refractivity contribution in [2.75, 3.05) is 0 Å². The molecular weight excluding hydrogens is 392 g/mol. The van der Waals surface area contributed by atoms with Crippen molar-refractivity contribution in [2.45, 2.75) is 86.1 Å². The first-order valence-corrected chi connectivity index (χ1v) is 12.9. The highest BCUT2D eigenvalue weighted by Crippen LogP contribution is 2.63.